The van der Waals surface area contributed by atoms with E-state index in [4.69, 9.17) is 23.2 Å². The Hall–Kier alpha value is -1.09. The van der Waals surface area contributed by atoms with E-state index >= 15 is 0 Å². The molecule has 1 aromatic heterocycles. The van der Waals surface area contributed by atoms with Gasteiger partial charge in [-0.3, -0.25) is 4.98 Å². The number of benzene rings is 1. The van der Waals surface area contributed by atoms with Crippen molar-refractivity contribution in [1.29, 1.82) is 0 Å². The first-order chi connectivity index (χ1) is 8.70. The molecule has 2 rings (SSSR count). The number of hydrogen-bond donors (Lipinski definition) is 1. The van der Waals surface area contributed by atoms with E-state index in [2.05, 4.69) is 10.3 Å². The van der Waals surface area contributed by atoms with E-state index in [0.717, 1.165) is 17.0 Å². The summed E-state index contributed by atoms with van der Waals surface area (Å²) in [5.41, 5.74) is 2.27. The van der Waals surface area contributed by atoms with E-state index in [0.29, 0.717) is 5.02 Å². The summed E-state index contributed by atoms with van der Waals surface area (Å²) < 4.78 is 0. The molecule has 0 aliphatic heterocycles. The molecule has 0 amide bonds. The van der Waals surface area contributed by atoms with E-state index < -0.39 is 0 Å². The lowest BCUT2D eigenvalue weighted by Crippen LogP contribution is -2.18. The molecule has 1 aromatic carbocycles. The molecule has 2 aromatic rings. The van der Waals surface area contributed by atoms with Crippen molar-refractivity contribution in [1.82, 2.24) is 10.3 Å². The van der Waals surface area contributed by atoms with Crippen molar-refractivity contribution in [3.05, 3.63) is 63.9 Å². The van der Waals surface area contributed by atoms with Crippen LogP contribution >= 0.6 is 23.2 Å². The highest BCUT2D eigenvalue weighted by Crippen LogP contribution is 2.23. The van der Waals surface area contributed by atoms with Gasteiger partial charge in [0, 0.05) is 23.5 Å². The van der Waals surface area contributed by atoms with Crippen LogP contribution in [0.3, 0.4) is 0 Å². The minimum absolute atomic E-state index is 0.210. The molecule has 0 bridgehead atoms. The number of likely N-dealkylation sites (N-methyl/N-ethyl adjacent to an activating group) is 1. The molecule has 1 unspecified atom stereocenters. The highest BCUT2D eigenvalue weighted by Gasteiger charge is 2.11. The quantitative estimate of drug-likeness (QED) is 0.919. The molecule has 2 nitrogen and oxygen atoms in total. The lowest BCUT2D eigenvalue weighted by molar-refractivity contribution is 0.592. The molecule has 1 atom stereocenters. The second-order valence-electron chi connectivity index (χ2n) is 4.06. The summed E-state index contributed by atoms with van der Waals surface area (Å²) in [6.07, 6.45) is 4.25. The van der Waals surface area contributed by atoms with Crippen LogP contribution in [0.25, 0.3) is 0 Å². The normalized spacial score (nSPS) is 12.4. The van der Waals surface area contributed by atoms with Gasteiger partial charge in [-0.2, -0.15) is 0 Å². The van der Waals surface area contributed by atoms with Crippen LogP contribution in [0.2, 0.25) is 10.0 Å². The predicted molar refractivity (Wildman–Crippen MR) is 76.2 cm³/mol. The number of aromatic nitrogens is 1. The van der Waals surface area contributed by atoms with Gasteiger partial charge in [-0.15, -0.1) is 0 Å². The van der Waals surface area contributed by atoms with E-state index in [1.807, 2.05) is 37.4 Å². The Morgan fingerprint density at radius 3 is 2.50 bits per heavy atom. The molecule has 4 heteroatoms. The van der Waals surface area contributed by atoms with Gasteiger partial charge >= 0.3 is 0 Å². The molecule has 0 fully saturated rings. The Morgan fingerprint density at radius 1 is 1.17 bits per heavy atom. The second kappa shape index (κ2) is 6.19. The maximum atomic E-state index is 6.13. The largest absolute Gasteiger partial charge is 0.313 e. The summed E-state index contributed by atoms with van der Waals surface area (Å²) in [6.45, 7) is 0. The van der Waals surface area contributed by atoms with Crippen molar-refractivity contribution in [2.75, 3.05) is 7.05 Å². The third kappa shape index (κ3) is 3.22. The predicted octanol–water partition coefficient (Wildman–Crippen LogP) is 3.89. The van der Waals surface area contributed by atoms with Gasteiger partial charge in [-0.1, -0.05) is 35.3 Å². The van der Waals surface area contributed by atoms with E-state index in [1.54, 1.807) is 12.4 Å². The van der Waals surface area contributed by atoms with Crippen LogP contribution in [0.5, 0.6) is 0 Å². The first-order valence-electron chi connectivity index (χ1n) is 5.72. The van der Waals surface area contributed by atoms with Crippen molar-refractivity contribution in [3.8, 4) is 0 Å². The second-order valence-corrected chi connectivity index (χ2v) is 4.91. The van der Waals surface area contributed by atoms with Crippen LogP contribution in [-0.2, 0) is 6.42 Å². The molecule has 0 aliphatic rings. The Kier molecular flexibility index (Phi) is 4.59. The maximum Gasteiger partial charge on any atom is 0.0622 e. The van der Waals surface area contributed by atoms with E-state index in [1.165, 1.54) is 5.56 Å². The molecule has 0 saturated heterocycles. The summed E-state index contributed by atoms with van der Waals surface area (Å²) >= 11 is 12.0. The van der Waals surface area contributed by atoms with Crippen LogP contribution < -0.4 is 5.32 Å². The molecule has 1 N–H and O–H groups in total. The number of nitrogens with one attached hydrogen (secondary N) is 1. The molecule has 0 radical (unpaired) electrons. The monoisotopic (exact) mass is 280 g/mol. The van der Waals surface area contributed by atoms with Gasteiger partial charge in [0.05, 0.1) is 5.02 Å². The average Bonchev–Trinajstić information content (AvgIpc) is 2.39. The van der Waals surface area contributed by atoms with Crippen molar-refractivity contribution in [2.45, 2.75) is 12.5 Å². The first kappa shape index (κ1) is 13.3. The SMILES string of the molecule is CNC(Cc1ccncc1Cl)c1ccc(Cl)cc1. The number of halogens is 2. The number of pyridine rings is 1. The first-order valence-corrected chi connectivity index (χ1v) is 6.47. The van der Waals surface area contributed by atoms with Crippen LogP contribution in [0, 0.1) is 0 Å². The Balaban J connectivity index is 2.20. The van der Waals surface area contributed by atoms with Gasteiger partial charge in [0.2, 0.25) is 0 Å². The molecule has 1 heterocycles. The van der Waals surface area contributed by atoms with E-state index in [-0.39, 0.29) is 6.04 Å². The number of nitrogens with zero attached hydrogens (tertiary/aromatic N) is 1. The van der Waals surface area contributed by atoms with Gasteiger partial charge in [0.25, 0.3) is 0 Å². The summed E-state index contributed by atoms with van der Waals surface area (Å²) in [5.74, 6) is 0. The third-order valence-corrected chi connectivity index (χ3v) is 3.49. The molecule has 0 aliphatic carbocycles. The zero-order valence-corrected chi connectivity index (χ0v) is 11.5. The molecule has 18 heavy (non-hydrogen) atoms. The highest BCUT2D eigenvalue weighted by molar-refractivity contribution is 6.31. The standard InChI is InChI=1S/C14H14Cl2N2/c1-17-14(10-2-4-12(15)5-3-10)8-11-6-7-18-9-13(11)16/h2-7,9,14,17H,8H2,1H3. The summed E-state index contributed by atoms with van der Waals surface area (Å²) in [5, 5.41) is 4.74. The van der Waals surface area contributed by atoms with Crippen LogP contribution in [-0.4, -0.2) is 12.0 Å². The average molecular weight is 281 g/mol. The van der Waals surface area contributed by atoms with Crippen molar-refractivity contribution >= 4 is 23.2 Å². The van der Waals surface area contributed by atoms with Gasteiger partial charge in [-0.05, 0) is 42.8 Å². The summed E-state index contributed by atoms with van der Waals surface area (Å²) in [6, 6.07) is 10.0. The third-order valence-electron chi connectivity index (χ3n) is 2.90. The molecule has 0 saturated carbocycles. The Labute approximate surface area is 117 Å². The molecule has 94 valence electrons. The minimum atomic E-state index is 0.210. The topological polar surface area (TPSA) is 24.9 Å². The minimum Gasteiger partial charge on any atom is -0.313 e. The van der Waals surface area contributed by atoms with Gasteiger partial charge in [0.15, 0.2) is 0 Å². The number of hydrogen-bond acceptors (Lipinski definition) is 2. The highest BCUT2D eigenvalue weighted by atomic mass is 35.5. The smallest absolute Gasteiger partial charge is 0.0622 e. The van der Waals surface area contributed by atoms with Gasteiger partial charge in [0.1, 0.15) is 0 Å². The lowest BCUT2D eigenvalue weighted by Gasteiger charge is -2.17. The lowest BCUT2D eigenvalue weighted by atomic mass is 10.00. The fraction of sp³-hybridized carbons (Fsp3) is 0.214. The Bertz CT molecular complexity index is 511. The molecule has 0 spiro atoms. The molecular weight excluding hydrogens is 267 g/mol. The summed E-state index contributed by atoms with van der Waals surface area (Å²) in [4.78, 5) is 3.99. The fourth-order valence-corrected chi connectivity index (χ4v) is 2.19. The zero-order valence-electron chi connectivity index (χ0n) is 10.0. The van der Waals surface area contributed by atoms with Crippen LogP contribution in [0.15, 0.2) is 42.7 Å². The van der Waals surface area contributed by atoms with Crippen molar-refractivity contribution in [2.24, 2.45) is 0 Å². The van der Waals surface area contributed by atoms with Crippen LogP contribution in [0.1, 0.15) is 17.2 Å². The van der Waals surface area contributed by atoms with Crippen molar-refractivity contribution in [3.63, 3.8) is 0 Å². The van der Waals surface area contributed by atoms with Crippen LogP contribution in [0.4, 0.5) is 0 Å². The van der Waals surface area contributed by atoms with Gasteiger partial charge in [-0.25, -0.2) is 0 Å². The van der Waals surface area contributed by atoms with E-state index in [9.17, 15) is 0 Å². The zero-order chi connectivity index (χ0) is 13.0. The van der Waals surface area contributed by atoms with Gasteiger partial charge < -0.3 is 5.32 Å². The Morgan fingerprint density at radius 2 is 1.89 bits per heavy atom. The van der Waals surface area contributed by atoms with Crippen molar-refractivity contribution < 1.29 is 0 Å². The molecular formula is C14H14Cl2N2. The summed E-state index contributed by atoms with van der Waals surface area (Å²) in [7, 11) is 1.94. The maximum absolute atomic E-state index is 6.13. The number of rotatable bonds is 4. The fourth-order valence-electron chi connectivity index (χ4n) is 1.87.